The molecule has 1 N–H and O–H groups in total. The van der Waals surface area contributed by atoms with E-state index in [9.17, 15) is 14.5 Å². The van der Waals surface area contributed by atoms with Gasteiger partial charge >= 0.3 is 0 Å². The fourth-order valence-electron chi connectivity index (χ4n) is 2.07. The van der Waals surface area contributed by atoms with Crippen molar-refractivity contribution in [1.29, 1.82) is 0 Å². The van der Waals surface area contributed by atoms with Crippen LogP contribution in [0.15, 0.2) is 30.6 Å². The second-order valence-electron chi connectivity index (χ2n) is 4.68. The van der Waals surface area contributed by atoms with Gasteiger partial charge in [-0.2, -0.15) is 0 Å². The molecule has 0 fully saturated rings. The number of nitrogens with one attached hydrogen (secondary N) is 1. The van der Waals surface area contributed by atoms with Gasteiger partial charge in [-0.25, -0.2) is 9.37 Å². The molecule has 2 rings (SSSR count). The van der Waals surface area contributed by atoms with E-state index in [0.717, 1.165) is 24.9 Å². The zero-order valence-corrected chi connectivity index (χ0v) is 11.8. The molecule has 0 atom stereocenters. The van der Waals surface area contributed by atoms with Gasteiger partial charge in [0.1, 0.15) is 11.6 Å². The Kier molecular flexibility index (Phi) is 4.99. The molecule has 7 heteroatoms. The molecule has 0 radical (unpaired) electrons. The molecule has 1 heterocycles. The average molecular weight is 292 g/mol. The minimum atomic E-state index is -0.499. The third-order valence-electron chi connectivity index (χ3n) is 3.09. The summed E-state index contributed by atoms with van der Waals surface area (Å²) in [6, 6.07) is 3.48. The molecule has 2 aromatic rings. The molecule has 0 saturated heterocycles. The number of hydrogen-bond donors (Lipinski definition) is 1. The van der Waals surface area contributed by atoms with Crippen molar-refractivity contribution < 1.29 is 9.31 Å². The zero-order valence-electron chi connectivity index (χ0n) is 11.8. The highest BCUT2D eigenvalue weighted by Gasteiger charge is 2.15. The minimum Gasteiger partial charge on any atom is -0.329 e. The van der Waals surface area contributed by atoms with Gasteiger partial charge in [-0.3, -0.25) is 10.1 Å². The second kappa shape index (κ2) is 6.94. The number of halogens is 1. The number of nitro groups is 1. The summed E-state index contributed by atoms with van der Waals surface area (Å²) in [5, 5.41) is 14.2. The maximum atomic E-state index is 13.3. The molecular weight excluding hydrogens is 275 g/mol. The van der Waals surface area contributed by atoms with Crippen LogP contribution >= 0.6 is 0 Å². The van der Waals surface area contributed by atoms with Crippen LogP contribution in [0.3, 0.4) is 0 Å². The molecule has 0 aliphatic carbocycles. The lowest BCUT2D eigenvalue weighted by atomic mass is 10.1. The van der Waals surface area contributed by atoms with E-state index >= 15 is 0 Å². The maximum absolute atomic E-state index is 13.3. The van der Waals surface area contributed by atoms with E-state index in [0.29, 0.717) is 12.1 Å². The minimum absolute atomic E-state index is 0.0856. The molecule has 21 heavy (non-hydrogen) atoms. The molecule has 0 unspecified atom stereocenters. The van der Waals surface area contributed by atoms with Crippen molar-refractivity contribution in [3.8, 4) is 0 Å². The first-order valence-electron chi connectivity index (χ1n) is 6.75. The summed E-state index contributed by atoms with van der Waals surface area (Å²) in [6.45, 7) is 3.73. The SMILES string of the molecule is CCCNCc1nccn1Cc1cc(F)ccc1[N+](=O)[O-]. The normalized spacial score (nSPS) is 10.8. The quantitative estimate of drug-likeness (QED) is 0.483. The highest BCUT2D eigenvalue weighted by atomic mass is 19.1. The molecule has 1 aromatic heterocycles. The van der Waals surface area contributed by atoms with Crippen LogP contribution in [0.1, 0.15) is 24.7 Å². The van der Waals surface area contributed by atoms with E-state index in [2.05, 4.69) is 17.2 Å². The summed E-state index contributed by atoms with van der Waals surface area (Å²) >= 11 is 0. The third kappa shape index (κ3) is 3.85. The molecule has 0 spiro atoms. The Morgan fingerprint density at radius 1 is 1.48 bits per heavy atom. The van der Waals surface area contributed by atoms with Crippen LogP contribution in [0.25, 0.3) is 0 Å². The van der Waals surface area contributed by atoms with E-state index in [4.69, 9.17) is 0 Å². The smallest absolute Gasteiger partial charge is 0.274 e. The van der Waals surface area contributed by atoms with Crippen molar-refractivity contribution in [2.45, 2.75) is 26.4 Å². The van der Waals surface area contributed by atoms with Gasteiger partial charge in [0, 0.05) is 18.5 Å². The topological polar surface area (TPSA) is 73.0 Å². The molecule has 0 aliphatic heterocycles. The Bertz CT molecular complexity index is 627. The predicted octanol–water partition coefficient (Wildman–Crippen LogP) is 2.48. The van der Waals surface area contributed by atoms with Crippen LogP contribution in [0.2, 0.25) is 0 Å². The number of hydrogen-bond acceptors (Lipinski definition) is 4. The van der Waals surface area contributed by atoms with Gasteiger partial charge in [-0.05, 0) is 25.1 Å². The van der Waals surface area contributed by atoms with E-state index in [-0.39, 0.29) is 12.2 Å². The van der Waals surface area contributed by atoms with Crippen molar-refractivity contribution in [1.82, 2.24) is 14.9 Å². The Hall–Kier alpha value is -2.28. The second-order valence-corrected chi connectivity index (χ2v) is 4.68. The van der Waals surface area contributed by atoms with E-state index in [1.165, 1.54) is 12.1 Å². The Morgan fingerprint density at radius 2 is 2.29 bits per heavy atom. The summed E-state index contributed by atoms with van der Waals surface area (Å²) in [4.78, 5) is 14.7. The number of nitro benzene ring substituents is 1. The highest BCUT2D eigenvalue weighted by molar-refractivity contribution is 5.40. The van der Waals surface area contributed by atoms with Crippen molar-refractivity contribution >= 4 is 5.69 Å². The van der Waals surface area contributed by atoms with Gasteiger partial charge in [0.25, 0.3) is 5.69 Å². The zero-order chi connectivity index (χ0) is 15.2. The molecular formula is C14H17FN4O2. The largest absolute Gasteiger partial charge is 0.329 e. The number of benzene rings is 1. The first-order chi connectivity index (χ1) is 10.1. The highest BCUT2D eigenvalue weighted by Crippen LogP contribution is 2.21. The summed E-state index contributed by atoms with van der Waals surface area (Å²) in [5.41, 5.74) is 0.243. The lowest BCUT2D eigenvalue weighted by molar-refractivity contribution is -0.385. The van der Waals surface area contributed by atoms with E-state index < -0.39 is 10.7 Å². The molecule has 112 valence electrons. The third-order valence-corrected chi connectivity index (χ3v) is 3.09. The van der Waals surface area contributed by atoms with Crippen LogP contribution < -0.4 is 5.32 Å². The molecule has 0 amide bonds. The summed E-state index contributed by atoms with van der Waals surface area (Å²) < 4.78 is 15.1. The lowest BCUT2D eigenvalue weighted by Crippen LogP contribution is -2.18. The fraction of sp³-hybridized carbons (Fsp3) is 0.357. The van der Waals surface area contributed by atoms with Crippen LogP contribution in [-0.4, -0.2) is 21.0 Å². The monoisotopic (exact) mass is 292 g/mol. The van der Waals surface area contributed by atoms with Crippen molar-refractivity contribution in [3.63, 3.8) is 0 Å². The number of imidazole rings is 1. The van der Waals surface area contributed by atoms with Gasteiger partial charge in [-0.1, -0.05) is 6.92 Å². The van der Waals surface area contributed by atoms with Crippen molar-refractivity contribution in [2.75, 3.05) is 6.54 Å². The van der Waals surface area contributed by atoms with Crippen molar-refractivity contribution in [3.05, 3.63) is 57.9 Å². The van der Waals surface area contributed by atoms with Crippen LogP contribution in [0.5, 0.6) is 0 Å². The number of aromatic nitrogens is 2. The van der Waals surface area contributed by atoms with Gasteiger partial charge in [0.15, 0.2) is 0 Å². The van der Waals surface area contributed by atoms with Crippen LogP contribution in [0.4, 0.5) is 10.1 Å². The average Bonchev–Trinajstić information content (AvgIpc) is 2.86. The summed E-state index contributed by atoms with van der Waals surface area (Å²) in [6.07, 6.45) is 4.38. The van der Waals surface area contributed by atoms with Gasteiger partial charge in [0.2, 0.25) is 0 Å². The standard InChI is InChI=1S/C14H17FN4O2/c1-2-5-16-9-14-17-6-7-18(14)10-11-8-12(15)3-4-13(11)19(20)21/h3-4,6-8,16H,2,5,9-10H2,1H3. The molecule has 6 nitrogen and oxygen atoms in total. The molecule has 0 bridgehead atoms. The lowest BCUT2D eigenvalue weighted by Gasteiger charge is -2.09. The van der Waals surface area contributed by atoms with E-state index in [1.54, 1.807) is 17.0 Å². The van der Waals surface area contributed by atoms with Gasteiger partial charge in [-0.15, -0.1) is 0 Å². The van der Waals surface area contributed by atoms with Crippen LogP contribution in [-0.2, 0) is 13.1 Å². The first kappa shape index (κ1) is 15.1. The molecule has 0 aliphatic rings. The van der Waals surface area contributed by atoms with E-state index in [1.807, 2.05) is 0 Å². The summed E-state index contributed by atoms with van der Waals surface area (Å²) in [5.74, 6) is 0.281. The van der Waals surface area contributed by atoms with Crippen LogP contribution in [0, 0.1) is 15.9 Å². The number of rotatable bonds is 7. The van der Waals surface area contributed by atoms with Crippen molar-refractivity contribution in [2.24, 2.45) is 0 Å². The summed E-state index contributed by atoms with van der Waals surface area (Å²) in [7, 11) is 0. The Morgan fingerprint density at radius 3 is 3.00 bits per heavy atom. The maximum Gasteiger partial charge on any atom is 0.274 e. The van der Waals surface area contributed by atoms with Gasteiger partial charge in [0.05, 0.1) is 23.6 Å². The van der Waals surface area contributed by atoms with Gasteiger partial charge < -0.3 is 9.88 Å². The first-order valence-corrected chi connectivity index (χ1v) is 6.75. The molecule has 1 aromatic carbocycles. The number of nitrogens with zero attached hydrogens (tertiary/aromatic N) is 3. The predicted molar refractivity (Wildman–Crippen MR) is 76.4 cm³/mol. The Balaban J connectivity index is 2.20. The Labute approximate surface area is 121 Å². The fourth-order valence-corrected chi connectivity index (χ4v) is 2.07. The molecule has 0 saturated carbocycles.